The molecule has 1 aromatic heterocycles. The quantitative estimate of drug-likeness (QED) is 0.873. The van der Waals surface area contributed by atoms with Crippen LogP contribution in [0.5, 0.6) is 0 Å². The molecule has 88 valence electrons. The highest BCUT2D eigenvalue weighted by molar-refractivity contribution is 9.10. The predicted octanol–water partition coefficient (Wildman–Crippen LogP) is 2.92. The third kappa shape index (κ3) is 3.46. The van der Waals surface area contributed by atoms with Gasteiger partial charge >= 0.3 is 0 Å². The summed E-state index contributed by atoms with van der Waals surface area (Å²) in [6, 6.07) is 3.27. The molecule has 1 saturated carbocycles. The van der Waals surface area contributed by atoms with E-state index in [1.54, 1.807) is 0 Å². The van der Waals surface area contributed by atoms with E-state index in [1.165, 1.54) is 18.4 Å². The summed E-state index contributed by atoms with van der Waals surface area (Å²) in [4.78, 5) is 4.42. The van der Waals surface area contributed by atoms with Crippen LogP contribution >= 0.6 is 15.9 Å². The molecule has 2 rings (SSSR count). The van der Waals surface area contributed by atoms with Gasteiger partial charge in [0.15, 0.2) is 0 Å². The first kappa shape index (κ1) is 11.9. The Kier molecular flexibility index (Phi) is 3.82. The molecule has 0 unspecified atom stereocenters. The number of halogens is 1. The van der Waals surface area contributed by atoms with E-state index in [0.717, 1.165) is 22.9 Å². The van der Waals surface area contributed by atoms with Gasteiger partial charge < -0.3 is 10.6 Å². The third-order valence-corrected chi connectivity index (χ3v) is 2.95. The molecule has 3 nitrogen and oxygen atoms in total. The highest BCUT2D eigenvalue weighted by Crippen LogP contribution is 2.22. The van der Waals surface area contributed by atoms with Gasteiger partial charge in [-0.1, -0.05) is 0 Å². The van der Waals surface area contributed by atoms with Gasteiger partial charge in [0.2, 0.25) is 0 Å². The Balaban J connectivity index is 2.07. The number of nitrogens with one attached hydrogen (secondary N) is 2. The van der Waals surface area contributed by atoms with Gasteiger partial charge in [-0.05, 0) is 48.7 Å². The maximum Gasteiger partial charge on any atom is 0.130 e. The van der Waals surface area contributed by atoms with Crippen LogP contribution in [-0.2, 0) is 6.54 Å². The number of anilines is 1. The summed E-state index contributed by atoms with van der Waals surface area (Å²) >= 11 is 3.47. The summed E-state index contributed by atoms with van der Waals surface area (Å²) < 4.78 is 1.04. The Morgan fingerprint density at radius 1 is 1.50 bits per heavy atom. The molecule has 0 atom stereocenters. The molecule has 0 aromatic carbocycles. The fraction of sp³-hybridized carbons (Fsp3) is 0.583. The van der Waals surface area contributed by atoms with E-state index in [1.807, 2.05) is 6.20 Å². The van der Waals surface area contributed by atoms with Crippen molar-refractivity contribution in [2.45, 2.75) is 45.3 Å². The smallest absolute Gasteiger partial charge is 0.130 e. The Morgan fingerprint density at radius 2 is 2.25 bits per heavy atom. The van der Waals surface area contributed by atoms with Crippen LogP contribution in [0.25, 0.3) is 0 Å². The molecule has 0 aliphatic heterocycles. The van der Waals surface area contributed by atoms with Crippen molar-refractivity contribution in [1.82, 2.24) is 10.3 Å². The number of aromatic nitrogens is 1. The topological polar surface area (TPSA) is 37.0 Å². The van der Waals surface area contributed by atoms with Crippen LogP contribution < -0.4 is 10.6 Å². The van der Waals surface area contributed by atoms with E-state index >= 15 is 0 Å². The van der Waals surface area contributed by atoms with Gasteiger partial charge in [-0.2, -0.15) is 0 Å². The molecule has 0 amide bonds. The van der Waals surface area contributed by atoms with E-state index in [4.69, 9.17) is 0 Å². The molecule has 0 radical (unpaired) electrons. The maximum absolute atomic E-state index is 4.42. The largest absolute Gasteiger partial charge is 0.368 e. The van der Waals surface area contributed by atoms with Crippen molar-refractivity contribution in [3.63, 3.8) is 0 Å². The van der Waals surface area contributed by atoms with Gasteiger partial charge in [0, 0.05) is 34.9 Å². The Bertz CT molecular complexity index is 361. The van der Waals surface area contributed by atoms with E-state index in [9.17, 15) is 0 Å². The van der Waals surface area contributed by atoms with Crippen LogP contribution in [0.4, 0.5) is 5.82 Å². The maximum atomic E-state index is 4.42. The molecule has 1 aromatic rings. The standard InChI is InChI=1S/C12H18BrN3/c1-8(2)16-12-9(5-10(13)7-15-12)6-14-11-3-4-11/h5,7-8,11,14H,3-4,6H2,1-2H3,(H,15,16). The molecule has 4 heteroatoms. The molecule has 0 bridgehead atoms. The fourth-order valence-electron chi connectivity index (χ4n) is 1.56. The van der Waals surface area contributed by atoms with Crippen molar-refractivity contribution < 1.29 is 0 Å². The molecule has 0 saturated heterocycles. The summed E-state index contributed by atoms with van der Waals surface area (Å²) in [5.74, 6) is 0.992. The van der Waals surface area contributed by atoms with Crippen molar-refractivity contribution >= 4 is 21.7 Å². The lowest BCUT2D eigenvalue weighted by atomic mass is 10.2. The molecule has 1 aliphatic rings. The van der Waals surface area contributed by atoms with Crippen LogP contribution in [0.1, 0.15) is 32.3 Å². The summed E-state index contributed by atoms with van der Waals surface area (Å²) in [7, 11) is 0. The number of pyridine rings is 1. The molecule has 1 fully saturated rings. The molecule has 16 heavy (non-hydrogen) atoms. The zero-order chi connectivity index (χ0) is 11.5. The second-order valence-electron chi connectivity index (χ2n) is 4.62. The van der Waals surface area contributed by atoms with Crippen LogP contribution in [-0.4, -0.2) is 17.1 Å². The molecule has 1 aliphatic carbocycles. The second-order valence-corrected chi connectivity index (χ2v) is 5.53. The van der Waals surface area contributed by atoms with Crippen molar-refractivity contribution in [3.8, 4) is 0 Å². The summed E-state index contributed by atoms with van der Waals surface area (Å²) in [6.45, 7) is 5.15. The highest BCUT2D eigenvalue weighted by Gasteiger charge is 2.20. The average molecular weight is 284 g/mol. The molecular formula is C12H18BrN3. The lowest BCUT2D eigenvalue weighted by Gasteiger charge is -2.14. The average Bonchev–Trinajstić information content (AvgIpc) is 3.01. The summed E-state index contributed by atoms with van der Waals surface area (Å²) in [5, 5.41) is 6.89. The summed E-state index contributed by atoms with van der Waals surface area (Å²) in [5.41, 5.74) is 1.23. The Morgan fingerprint density at radius 3 is 2.88 bits per heavy atom. The third-order valence-electron chi connectivity index (χ3n) is 2.52. The van der Waals surface area contributed by atoms with E-state index in [0.29, 0.717) is 6.04 Å². The van der Waals surface area contributed by atoms with Crippen LogP contribution in [0.3, 0.4) is 0 Å². The van der Waals surface area contributed by atoms with Crippen LogP contribution in [0.15, 0.2) is 16.7 Å². The number of rotatable bonds is 5. The zero-order valence-corrected chi connectivity index (χ0v) is 11.3. The molecule has 0 spiro atoms. The van der Waals surface area contributed by atoms with Gasteiger partial charge in [0.25, 0.3) is 0 Å². The minimum atomic E-state index is 0.411. The van der Waals surface area contributed by atoms with Crippen LogP contribution in [0.2, 0.25) is 0 Å². The monoisotopic (exact) mass is 283 g/mol. The first-order chi connectivity index (χ1) is 7.65. The van der Waals surface area contributed by atoms with Crippen molar-refractivity contribution in [2.24, 2.45) is 0 Å². The first-order valence-corrected chi connectivity index (χ1v) is 6.59. The Hall–Kier alpha value is -0.610. The highest BCUT2D eigenvalue weighted by atomic mass is 79.9. The predicted molar refractivity (Wildman–Crippen MR) is 70.6 cm³/mol. The molecule has 1 heterocycles. The number of nitrogens with zero attached hydrogens (tertiary/aromatic N) is 1. The lowest BCUT2D eigenvalue weighted by Crippen LogP contribution is -2.19. The minimum absolute atomic E-state index is 0.411. The second kappa shape index (κ2) is 5.15. The Labute approximate surface area is 105 Å². The molecular weight excluding hydrogens is 266 g/mol. The van der Waals surface area contributed by atoms with Gasteiger partial charge in [-0.15, -0.1) is 0 Å². The molecule has 2 N–H and O–H groups in total. The van der Waals surface area contributed by atoms with Crippen molar-refractivity contribution in [3.05, 3.63) is 22.3 Å². The SMILES string of the molecule is CC(C)Nc1ncc(Br)cc1CNC1CC1. The number of hydrogen-bond donors (Lipinski definition) is 2. The normalized spacial score (nSPS) is 15.5. The van der Waals surface area contributed by atoms with Gasteiger partial charge in [0.1, 0.15) is 5.82 Å². The first-order valence-electron chi connectivity index (χ1n) is 5.79. The zero-order valence-electron chi connectivity index (χ0n) is 9.76. The van der Waals surface area contributed by atoms with E-state index in [2.05, 4.69) is 51.5 Å². The minimum Gasteiger partial charge on any atom is -0.368 e. The summed E-state index contributed by atoms with van der Waals surface area (Å²) in [6.07, 6.45) is 4.47. The fourth-order valence-corrected chi connectivity index (χ4v) is 1.94. The van der Waals surface area contributed by atoms with Crippen molar-refractivity contribution in [2.75, 3.05) is 5.32 Å². The van der Waals surface area contributed by atoms with Gasteiger partial charge in [0.05, 0.1) is 0 Å². The van der Waals surface area contributed by atoms with E-state index < -0.39 is 0 Å². The van der Waals surface area contributed by atoms with E-state index in [-0.39, 0.29) is 0 Å². The van der Waals surface area contributed by atoms with Crippen molar-refractivity contribution in [1.29, 1.82) is 0 Å². The number of hydrogen-bond acceptors (Lipinski definition) is 3. The lowest BCUT2D eigenvalue weighted by molar-refractivity contribution is 0.685. The van der Waals surface area contributed by atoms with Gasteiger partial charge in [-0.3, -0.25) is 0 Å². The van der Waals surface area contributed by atoms with Crippen LogP contribution in [0, 0.1) is 0 Å². The van der Waals surface area contributed by atoms with Gasteiger partial charge in [-0.25, -0.2) is 4.98 Å².